The number of fused-ring (bicyclic) bond motifs is 1. The topological polar surface area (TPSA) is 43.6 Å². The van der Waals surface area contributed by atoms with E-state index in [4.69, 9.17) is 9.72 Å². The van der Waals surface area contributed by atoms with Crippen LogP contribution in [0, 0.1) is 6.92 Å². The monoisotopic (exact) mass is 376 g/mol. The molecule has 0 aliphatic heterocycles. The number of aldehydes is 1. The van der Waals surface area contributed by atoms with Crippen molar-refractivity contribution < 1.29 is 9.53 Å². The summed E-state index contributed by atoms with van der Waals surface area (Å²) in [6.45, 7) is 4.22. The number of nitrogens with zero attached hydrogens (tertiary/aromatic N) is 2. The van der Waals surface area contributed by atoms with Crippen molar-refractivity contribution in [2.45, 2.75) is 20.3 Å². The van der Waals surface area contributed by atoms with E-state index in [2.05, 4.69) is 38.1 Å². The number of thiazole rings is 1. The van der Waals surface area contributed by atoms with Crippen molar-refractivity contribution in [1.82, 2.24) is 9.38 Å². The molecule has 0 unspecified atom stereocenters. The zero-order valence-electron chi connectivity index (χ0n) is 15.5. The second kappa shape index (κ2) is 7.00. The molecule has 4 aromatic rings. The van der Waals surface area contributed by atoms with Gasteiger partial charge < -0.3 is 4.74 Å². The molecule has 0 fully saturated rings. The Morgan fingerprint density at radius 3 is 2.33 bits per heavy atom. The maximum absolute atomic E-state index is 12.0. The van der Waals surface area contributed by atoms with E-state index in [1.807, 2.05) is 28.7 Å². The molecule has 0 aliphatic rings. The Morgan fingerprint density at radius 1 is 1.07 bits per heavy atom. The maximum atomic E-state index is 12.0. The first-order valence-electron chi connectivity index (χ1n) is 8.87. The van der Waals surface area contributed by atoms with Crippen molar-refractivity contribution in [1.29, 1.82) is 0 Å². The van der Waals surface area contributed by atoms with Crippen LogP contribution in [0.3, 0.4) is 0 Å². The minimum atomic E-state index is 0.578. The number of methoxy groups -OCH3 is 1. The van der Waals surface area contributed by atoms with E-state index in [1.165, 1.54) is 5.56 Å². The van der Waals surface area contributed by atoms with Gasteiger partial charge in [0.05, 0.1) is 12.8 Å². The molecule has 5 heteroatoms. The van der Waals surface area contributed by atoms with Crippen molar-refractivity contribution in [2.75, 3.05) is 7.11 Å². The Hall–Kier alpha value is -2.92. The van der Waals surface area contributed by atoms with Crippen molar-refractivity contribution in [3.05, 3.63) is 64.7 Å². The lowest BCUT2D eigenvalue weighted by Crippen LogP contribution is -1.95. The molecule has 0 aliphatic carbocycles. The highest BCUT2D eigenvalue weighted by Gasteiger charge is 2.20. The summed E-state index contributed by atoms with van der Waals surface area (Å²) in [6, 6.07) is 16.1. The third kappa shape index (κ3) is 2.94. The summed E-state index contributed by atoms with van der Waals surface area (Å²) in [5.74, 6) is 0.778. The number of hydrogen-bond acceptors (Lipinski definition) is 4. The van der Waals surface area contributed by atoms with Crippen LogP contribution in [-0.2, 0) is 6.42 Å². The second-order valence-electron chi connectivity index (χ2n) is 6.37. The molecule has 4 nitrogen and oxygen atoms in total. The summed E-state index contributed by atoms with van der Waals surface area (Å²) in [6.07, 6.45) is 1.90. The molecular formula is C22H20N2O2S. The molecule has 2 aromatic heterocycles. The SMILES string of the molecule is CCc1ccc(-c2c(C)sc3nc(-c4ccc(OC)cc4)c(C=O)n23)cc1. The molecule has 0 spiro atoms. The normalized spacial score (nSPS) is 11.1. The van der Waals surface area contributed by atoms with Gasteiger partial charge in [-0.3, -0.25) is 9.20 Å². The smallest absolute Gasteiger partial charge is 0.195 e. The zero-order valence-corrected chi connectivity index (χ0v) is 16.3. The van der Waals surface area contributed by atoms with Gasteiger partial charge in [-0.2, -0.15) is 0 Å². The van der Waals surface area contributed by atoms with Crippen LogP contribution in [0.15, 0.2) is 48.5 Å². The van der Waals surface area contributed by atoms with Crippen LogP contribution in [0.25, 0.3) is 27.5 Å². The fraction of sp³-hybridized carbons (Fsp3) is 0.182. The maximum Gasteiger partial charge on any atom is 0.195 e. The van der Waals surface area contributed by atoms with E-state index in [9.17, 15) is 4.79 Å². The van der Waals surface area contributed by atoms with Crippen LogP contribution in [-0.4, -0.2) is 22.8 Å². The van der Waals surface area contributed by atoms with Gasteiger partial charge in [0, 0.05) is 10.4 Å². The van der Waals surface area contributed by atoms with Gasteiger partial charge in [-0.25, -0.2) is 4.98 Å². The summed E-state index contributed by atoms with van der Waals surface area (Å²) in [7, 11) is 1.64. The van der Waals surface area contributed by atoms with Crippen LogP contribution in [0.1, 0.15) is 27.9 Å². The van der Waals surface area contributed by atoms with Gasteiger partial charge in [-0.05, 0) is 48.7 Å². The minimum Gasteiger partial charge on any atom is -0.497 e. The molecule has 2 heterocycles. The van der Waals surface area contributed by atoms with Crippen LogP contribution >= 0.6 is 11.3 Å². The lowest BCUT2D eigenvalue weighted by molar-refractivity contribution is 0.111. The highest BCUT2D eigenvalue weighted by molar-refractivity contribution is 7.17. The number of hydrogen-bond donors (Lipinski definition) is 0. The average Bonchev–Trinajstić information content (AvgIpc) is 3.22. The Morgan fingerprint density at radius 2 is 1.74 bits per heavy atom. The fourth-order valence-electron chi connectivity index (χ4n) is 3.34. The predicted molar refractivity (Wildman–Crippen MR) is 110 cm³/mol. The number of aryl methyl sites for hydroxylation is 2. The highest BCUT2D eigenvalue weighted by atomic mass is 32.1. The number of imidazole rings is 1. The molecule has 4 rings (SSSR count). The van der Waals surface area contributed by atoms with Gasteiger partial charge in [0.15, 0.2) is 11.2 Å². The van der Waals surface area contributed by atoms with Gasteiger partial charge in [-0.15, -0.1) is 11.3 Å². The summed E-state index contributed by atoms with van der Waals surface area (Å²) < 4.78 is 7.20. The molecule has 0 radical (unpaired) electrons. The molecule has 0 atom stereocenters. The molecule has 136 valence electrons. The number of rotatable bonds is 5. The molecule has 0 amide bonds. The number of carbonyl (C=O) groups excluding carboxylic acids is 1. The highest BCUT2D eigenvalue weighted by Crippen LogP contribution is 2.36. The molecule has 0 saturated carbocycles. The summed E-state index contributed by atoms with van der Waals surface area (Å²) >= 11 is 1.60. The van der Waals surface area contributed by atoms with Crippen molar-refractivity contribution >= 4 is 22.6 Å². The quantitative estimate of drug-likeness (QED) is 0.437. The number of benzene rings is 2. The Bertz CT molecular complexity index is 1110. The molecule has 0 N–H and O–H groups in total. The summed E-state index contributed by atoms with van der Waals surface area (Å²) in [5, 5.41) is 0. The lowest BCUT2D eigenvalue weighted by atomic mass is 10.1. The van der Waals surface area contributed by atoms with Crippen LogP contribution in [0.2, 0.25) is 0 Å². The first kappa shape index (κ1) is 17.5. The van der Waals surface area contributed by atoms with Crippen LogP contribution in [0.4, 0.5) is 0 Å². The van der Waals surface area contributed by atoms with Crippen molar-refractivity contribution in [3.8, 4) is 28.3 Å². The van der Waals surface area contributed by atoms with E-state index in [0.29, 0.717) is 11.4 Å². The standard InChI is InChI=1S/C22H20N2O2S/c1-4-15-5-7-17(8-6-15)21-14(2)27-22-23-20(19(13-25)24(21)22)16-9-11-18(26-3)12-10-16/h5-13H,4H2,1-3H3. The third-order valence-electron chi connectivity index (χ3n) is 4.79. The van der Waals surface area contributed by atoms with Gasteiger partial charge >= 0.3 is 0 Å². The number of carbonyl (C=O) groups is 1. The van der Waals surface area contributed by atoms with Gasteiger partial charge in [0.2, 0.25) is 0 Å². The molecule has 27 heavy (non-hydrogen) atoms. The average molecular weight is 376 g/mol. The van der Waals surface area contributed by atoms with Gasteiger partial charge in [-0.1, -0.05) is 31.2 Å². The summed E-state index contributed by atoms with van der Waals surface area (Å²) in [4.78, 5) is 18.7. The molecular weight excluding hydrogens is 356 g/mol. The van der Waals surface area contributed by atoms with E-state index < -0.39 is 0 Å². The first-order chi connectivity index (χ1) is 13.2. The molecule has 2 aromatic carbocycles. The summed E-state index contributed by atoms with van der Waals surface area (Å²) in [5.41, 5.74) is 5.60. The van der Waals surface area contributed by atoms with Gasteiger partial charge in [0.25, 0.3) is 0 Å². The van der Waals surface area contributed by atoms with E-state index in [-0.39, 0.29) is 0 Å². The van der Waals surface area contributed by atoms with Crippen molar-refractivity contribution in [2.24, 2.45) is 0 Å². The Balaban J connectivity index is 1.91. The molecule has 0 saturated heterocycles. The molecule has 0 bridgehead atoms. The van der Waals surface area contributed by atoms with E-state index in [0.717, 1.165) is 45.1 Å². The van der Waals surface area contributed by atoms with E-state index >= 15 is 0 Å². The lowest BCUT2D eigenvalue weighted by Gasteiger charge is -2.06. The van der Waals surface area contributed by atoms with Gasteiger partial charge in [0.1, 0.15) is 17.1 Å². The zero-order chi connectivity index (χ0) is 19.0. The Kier molecular flexibility index (Phi) is 4.54. The largest absolute Gasteiger partial charge is 0.497 e. The number of aromatic nitrogens is 2. The third-order valence-corrected chi connectivity index (χ3v) is 5.75. The fourth-order valence-corrected chi connectivity index (χ4v) is 4.34. The number of ether oxygens (including phenoxy) is 1. The minimum absolute atomic E-state index is 0.578. The van der Waals surface area contributed by atoms with E-state index in [1.54, 1.807) is 18.4 Å². The van der Waals surface area contributed by atoms with Crippen molar-refractivity contribution in [3.63, 3.8) is 0 Å². The predicted octanol–water partition coefficient (Wildman–Crippen LogP) is 5.42. The second-order valence-corrected chi connectivity index (χ2v) is 7.55. The first-order valence-corrected chi connectivity index (χ1v) is 9.68. The van der Waals surface area contributed by atoms with Crippen LogP contribution < -0.4 is 4.74 Å². The van der Waals surface area contributed by atoms with Crippen LogP contribution in [0.5, 0.6) is 5.75 Å². The Labute approximate surface area is 162 Å².